The Kier molecular flexibility index (Phi) is 4.18. The molecule has 1 aliphatic rings. The summed E-state index contributed by atoms with van der Waals surface area (Å²) in [4.78, 5) is -0.405. The highest BCUT2D eigenvalue weighted by molar-refractivity contribution is 7.89. The summed E-state index contributed by atoms with van der Waals surface area (Å²) < 4.78 is 59.2. The van der Waals surface area contributed by atoms with Gasteiger partial charge in [0.05, 0.1) is 18.1 Å². The van der Waals surface area contributed by atoms with E-state index in [9.17, 15) is 17.2 Å². The van der Waals surface area contributed by atoms with Gasteiger partial charge in [0.15, 0.2) is 0 Å². The molecule has 0 aliphatic carbocycles. The summed E-state index contributed by atoms with van der Waals surface area (Å²) in [7, 11) is -4.11. The van der Waals surface area contributed by atoms with Gasteiger partial charge in [0.1, 0.15) is 5.54 Å². The molecule has 0 aromatic heterocycles. The van der Waals surface area contributed by atoms with Crippen LogP contribution >= 0.6 is 0 Å². The molecule has 0 radical (unpaired) electrons. The molecule has 23 heavy (non-hydrogen) atoms. The second-order valence-corrected chi connectivity index (χ2v) is 7.04. The van der Waals surface area contributed by atoms with Crippen LogP contribution in [0.3, 0.4) is 0 Å². The van der Waals surface area contributed by atoms with Gasteiger partial charge in [0.25, 0.3) is 6.43 Å². The smallest absolute Gasteiger partial charge is 0.265 e. The van der Waals surface area contributed by atoms with Gasteiger partial charge in [-0.05, 0) is 11.6 Å². The number of ether oxygens (including phenoxy) is 1. The topological polar surface area (TPSA) is 55.4 Å². The van der Waals surface area contributed by atoms with Crippen LogP contribution in [0.15, 0.2) is 59.5 Å². The van der Waals surface area contributed by atoms with Gasteiger partial charge in [-0.15, -0.1) is 0 Å². The lowest BCUT2D eigenvalue weighted by Crippen LogP contribution is -2.59. The lowest BCUT2D eigenvalue weighted by Gasteiger charge is -2.42. The number of rotatable bonds is 5. The molecule has 1 fully saturated rings. The van der Waals surface area contributed by atoms with Gasteiger partial charge < -0.3 is 4.74 Å². The highest BCUT2D eigenvalue weighted by Gasteiger charge is 2.44. The molecule has 0 bridgehead atoms. The fraction of sp³-hybridized carbons (Fsp3) is 0.250. The van der Waals surface area contributed by atoms with Crippen LogP contribution < -0.4 is 4.72 Å². The van der Waals surface area contributed by atoms with E-state index in [1.165, 1.54) is 18.2 Å². The Hall–Kier alpha value is -1.83. The van der Waals surface area contributed by atoms with Crippen molar-refractivity contribution in [2.24, 2.45) is 0 Å². The number of alkyl halides is 2. The summed E-state index contributed by atoms with van der Waals surface area (Å²) in [6.07, 6.45) is -2.87. The Bertz CT molecular complexity index is 790. The molecule has 1 aliphatic heterocycles. The molecule has 4 nitrogen and oxygen atoms in total. The number of halogens is 2. The van der Waals surface area contributed by atoms with E-state index >= 15 is 0 Å². The van der Waals surface area contributed by atoms with Crippen molar-refractivity contribution in [2.45, 2.75) is 16.9 Å². The summed E-state index contributed by atoms with van der Waals surface area (Å²) in [6.45, 7) is 0.320. The van der Waals surface area contributed by atoms with Crippen molar-refractivity contribution in [2.75, 3.05) is 13.2 Å². The molecule has 0 unspecified atom stereocenters. The minimum absolute atomic E-state index is 0.160. The minimum atomic E-state index is -4.11. The summed E-state index contributed by atoms with van der Waals surface area (Å²) in [6, 6.07) is 14.1. The molecule has 1 saturated heterocycles. The average molecular weight is 339 g/mol. The SMILES string of the molecule is O=S(=O)(NC1(c2ccccc2)COC1)c1ccccc1C(F)F. The van der Waals surface area contributed by atoms with Gasteiger partial charge in [-0.1, -0.05) is 48.5 Å². The standard InChI is InChI=1S/C16H15F2NO3S/c17-15(18)13-8-4-5-9-14(13)23(20,21)19-16(10-22-11-16)12-6-2-1-3-7-12/h1-9,15,19H,10-11H2. The van der Waals surface area contributed by atoms with E-state index in [4.69, 9.17) is 4.74 Å². The third-order valence-electron chi connectivity index (χ3n) is 3.80. The maximum Gasteiger partial charge on any atom is 0.265 e. The first-order valence-electron chi connectivity index (χ1n) is 6.99. The number of sulfonamides is 1. The third kappa shape index (κ3) is 2.99. The molecule has 0 spiro atoms. The number of nitrogens with one attached hydrogen (secondary N) is 1. The number of benzene rings is 2. The predicted octanol–water partition coefficient (Wildman–Crippen LogP) is 2.83. The van der Waals surface area contributed by atoms with Crippen molar-refractivity contribution in [3.63, 3.8) is 0 Å². The molecule has 122 valence electrons. The summed E-state index contributed by atoms with van der Waals surface area (Å²) >= 11 is 0. The quantitative estimate of drug-likeness (QED) is 0.911. The molecule has 0 saturated carbocycles. The maximum absolute atomic E-state index is 13.1. The largest absolute Gasteiger partial charge is 0.377 e. The zero-order valence-corrected chi connectivity index (χ0v) is 12.9. The van der Waals surface area contributed by atoms with Gasteiger partial charge in [0.2, 0.25) is 10.0 Å². The summed E-state index contributed by atoms with van der Waals surface area (Å²) in [5.74, 6) is 0. The van der Waals surface area contributed by atoms with Crippen molar-refractivity contribution in [3.8, 4) is 0 Å². The molecule has 0 amide bonds. The molecule has 1 heterocycles. The molecule has 2 aromatic carbocycles. The van der Waals surface area contributed by atoms with E-state index < -0.39 is 32.4 Å². The maximum atomic E-state index is 13.1. The molecular weight excluding hydrogens is 324 g/mol. The van der Waals surface area contributed by atoms with E-state index in [-0.39, 0.29) is 13.2 Å². The predicted molar refractivity (Wildman–Crippen MR) is 80.7 cm³/mol. The van der Waals surface area contributed by atoms with Gasteiger partial charge in [-0.2, -0.15) is 4.72 Å². The Morgan fingerprint density at radius 3 is 2.17 bits per heavy atom. The van der Waals surface area contributed by atoms with Gasteiger partial charge >= 0.3 is 0 Å². The first-order valence-corrected chi connectivity index (χ1v) is 8.47. The Morgan fingerprint density at radius 2 is 1.61 bits per heavy atom. The molecule has 3 rings (SSSR count). The van der Waals surface area contributed by atoms with Crippen molar-refractivity contribution in [1.82, 2.24) is 4.72 Å². The van der Waals surface area contributed by atoms with Crippen molar-refractivity contribution < 1.29 is 21.9 Å². The zero-order chi connectivity index (χ0) is 16.5. The molecule has 7 heteroatoms. The van der Waals surface area contributed by atoms with Gasteiger partial charge in [0, 0.05) is 5.56 Å². The van der Waals surface area contributed by atoms with Crippen LogP contribution in [0.25, 0.3) is 0 Å². The Morgan fingerprint density at radius 1 is 1.00 bits per heavy atom. The highest BCUT2D eigenvalue weighted by atomic mass is 32.2. The van der Waals surface area contributed by atoms with E-state index in [2.05, 4.69) is 4.72 Å². The average Bonchev–Trinajstić information content (AvgIpc) is 2.52. The van der Waals surface area contributed by atoms with E-state index in [0.29, 0.717) is 0 Å². The number of hydrogen-bond acceptors (Lipinski definition) is 3. The Labute approximate surface area is 133 Å². The summed E-state index contributed by atoms with van der Waals surface area (Å²) in [5.41, 5.74) is -0.692. The Balaban J connectivity index is 1.98. The third-order valence-corrected chi connectivity index (χ3v) is 5.41. The first-order chi connectivity index (χ1) is 10.9. The molecule has 2 aromatic rings. The van der Waals surface area contributed by atoms with Crippen LogP contribution in [0.2, 0.25) is 0 Å². The summed E-state index contributed by atoms with van der Waals surface area (Å²) in [5, 5.41) is 0. The normalized spacial score (nSPS) is 17.0. The van der Waals surface area contributed by atoms with E-state index in [1.807, 2.05) is 6.07 Å². The van der Waals surface area contributed by atoms with Crippen LogP contribution in [0.5, 0.6) is 0 Å². The lowest BCUT2D eigenvalue weighted by atomic mass is 9.89. The van der Waals surface area contributed by atoms with Crippen molar-refractivity contribution >= 4 is 10.0 Å². The van der Waals surface area contributed by atoms with E-state index in [0.717, 1.165) is 11.6 Å². The lowest BCUT2D eigenvalue weighted by molar-refractivity contribution is -0.0664. The van der Waals surface area contributed by atoms with Crippen LogP contribution in [0, 0.1) is 0 Å². The van der Waals surface area contributed by atoms with Crippen LogP contribution in [0.4, 0.5) is 8.78 Å². The fourth-order valence-electron chi connectivity index (χ4n) is 2.57. The fourth-order valence-corrected chi connectivity index (χ4v) is 4.15. The molecule has 1 N–H and O–H groups in total. The van der Waals surface area contributed by atoms with Crippen molar-refractivity contribution in [3.05, 3.63) is 65.7 Å². The first kappa shape index (κ1) is 16.0. The van der Waals surface area contributed by atoms with Crippen LogP contribution in [-0.2, 0) is 20.3 Å². The monoisotopic (exact) mass is 339 g/mol. The van der Waals surface area contributed by atoms with Crippen molar-refractivity contribution in [1.29, 1.82) is 0 Å². The molecule has 0 atom stereocenters. The zero-order valence-electron chi connectivity index (χ0n) is 12.1. The second kappa shape index (κ2) is 5.99. The highest BCUT2D eigenvalue weighted by Crippen LogP contribution is 2.33. The van der Waals surface area contributed by atoms with E-state index in [1.54, 1.807) is 24.3 Å². The van der Waals surface area contributed by atoms with Crippen LogP contribution in [-0.4, -0.2) is 21.6 Å². The minimum Gasteiger partial charge on any atom is -0.377 e. The number of hydrogen-bond donors (Lipinski definition) is 1. The molecular formula is C16H15F2NO3S. The van der Waals surface area contributed by atoms with Crippen LogP contribution in [0.1, 0.15) is 17.6 Å². The van der Waals surface area contributed by atoms with Gasteiger partial charge in [-0.25, -0.2) is 17.2 Å². The van der Waals surface area contributed by atoms with Gasteiger partial charge in [-0.3, -0.25) is 0 Å². The second-order valence-electron chi connectivity index (χ2n) is 5.38.